The van der Waals surface area contributed by atoms with Gasteiger partial charge in [0.25, 0.3) is 5.91 Å². The van der Waals surface area contributed by atoms with Gasteiger partial charge in [0.15, 0.2) is 17.5 Å². The van der Waals surface area contributed by atoms with Gasteiger partial charge >= 0.3 is 0 Å². The second-order valence-corrected chi connectivity index (χ2v) is 7.46. The van der Waals surface area contributed by atoms with Crippen molar-refractivity contribution in [3.63, 3.8) is 0 Å². The standard InChI is InChI=1S/C22H24F3N3O3/c1-12(2)10-17(28-21(30)14-7-5-4-6-13(14)3)22(31)26-11-18(29)27-16-9-8-15(23)19(24)20(16)25/h4-9,12,17H,10-11H2,1-3H3,(H,26,31)(H,27,29)(H,28,30). The first-order valence-corrected chi connectivity index (χ1v) is 9.67. The molecule has 166 valence electrons. The van der Waals surface area contributed by atoms with Crippen molar-refractivity contribution >= 4 is 23.4 Å². The summed E-state index contributed by atoms with van der Waals surface area (Å²) < 4.78 is 39.9. The molecule has 0 radical (unpaired) electrons. The number of aryl methyl sites for hydroxylation is 1. The molecule has 1 atom stereocenters. The summed E-state index contributed by atoms with van der Waals surface area (Å²) >= 11 is 0. The maximum atomic E-state index is 13.7. The molecule has 6 nitrogen and oxygen atoms in total. The van der Waals surface area contributed by atoms with Crippen LogP contribution in [0.4, 0.5) is 18.9 Å². The molecular formula is C22H24F3N3O3. The van der Waals surface area contributed by atoms with Crippen LogP contribution in [0.5, 0.6) is 0 Å². The van der Waals surface area contributed by atoms with Crippen LogP contribution in [0.2, 0.25) is 0 Å². The van der Waals surface area contributed by atoms with E-state index < -0.39 is 53.4 Å². The molecule has 1 unspecified atom stereocenters. The van der Waals surface area contributed by atoms with Gasteiger partial charge in [0.05, 0.1) is 12.2 Å². The minimum Gasteiger partial charge on any atom is -0.345 e. The Hall–Kier alpha value is -3.36. The monoisotopic (exact) mass is 435 g/mol. The lowest BCUT2D eigenvalue weighted by atomic mass is 10.0. The number of amides is 3. The third-order valence-electron chi connectivity index (χ3n) is 4.45. The molecule has 0 aliphatic rings. The van der Waals surface area contributed by atoms with Crippen LogP contribution in [0.1, 0.15) is 36.2 Å². The third kappa shape index (κ3) is 6.56. The van der Waals surface area contributed by atoms with E-state index in [2.05, 4.69) is 16.0 Å². The summed E-state index contributed by atoms with van der Waals surface area (Å²) in [6.07, 6.45) is 0.322. The Labute approximate surface area is 178 Å². The number of carbonyl (C=O) groups excluding carboxylic acids is 3. The normalized spacial score (nSPS) is 11.7. The van der Waals surface area contributed by atoms with Gasteiger partial charge in [-0.25, -0.2) is 13.2 Å². The summed E-state index contributed by atoms with van der Waals surface area (Å²) in [6.45, 7) is 4.97. The molecule has 0 fully saturated rings. The minimum atomic E-state index is -1.71. The molecule has 0 saturated carbocycles. The molecule has 0 saturated heterocycles. The van der Waals surface area contributed by atoms with Crippen LogP contribution in [0.25, 0.3) is 0 Å². The number of hydrogen-bond donors (Lipinski definition) is 3. The lowest BCUT2D eigenvalue weighted by molar-refractivity contribution is -0.125. The second kappa shape index (κ2) is 10.6. The summed E-state index contributed by atoms with van der Waals surface area (Å²) in [5, 5.41) is 7.10. The van der Waals surface area contributed by atoms with E-state index in [1.165, 1.54) is 0 Å². The van der Waals surface area contributed by atoms with E-state index in [0.717, 1.165) is 11.6 Å². The molecule has 0 aromatic heterocycles. The van der Waals surface area contributed by atoms with Crippen molar-refractivity contribution in [1.29, 1.82) is 0 Å². The molecule has 9 heteroatoms. The Morgan fingerprint density at radius 1 is 0.968 bits per heavy atom. The Balaban J connectivity index is 2.00. The van der Waals surface area contributed by atoms with Crippen LogP contribution in [-0.2, 0) is 9.59 Å². The van der Waals surface area contributed by atoms with E-state index in [9.17, 15) is 27.6 Å². The van der Waals surface area contributed by atoms with Crippen molar-refractivity contribution in [2.45, 2.75) is 33.2 Å². The van der Waals surface area contributed by atoms with Gasteiger partial charge in [0, 0.05) is 5.56 Å². The zero-order chi connectivity index (χ0) is 23.1. The smallest absolute Gasteiger partial charge is 0.252 e. The summed E-state index contributed by atoms with van der Waals surface area (Å²) in [6, 6.07) is 7.55. The Bertz CT molecular complexity index is 980. The Morgan fingerprint density at radius 2 is 1.65 bits per heavy atom. The van der Waals surface area contributed by atoms with Gasteiger partial charge in [-0.05, 0) is 43.0 Å². The first kappa shape index (κ1) is 23.9. The predicted octanol–water partition coefficient (Wildman–Crippen LogP) is 3.31. The van der Waals surface area contributed by atoms with Crippen LogP contribution in [0, 0.1) is 30.3 Å². The third-order valence-corrected chi connectivity index (χ3v) is 4.45. The van der Waals surface area contributed by atoms with Gasteiger partial charge in [0.2, 0.25) is 11.8 Å². The van der Waals surface area contributed by atoms with Crippen molar-refractivity contribution < 1.29 is 27.6 Å². The number of anilines is 1. The van der Waals surface area contributed by atoms with E-state index in [0.29, 0.717) is 18.1 Å². The number of nitrogens with one attached hydrogen (secondary N) is 3. The quantitative estimate of drug-likeness (QED) is 0.556. The maximum Gasteiger partial charge on any atom is 0.252 e. The maximum absolute atomic E-state index is 13.7. The lowest BCUT2D eigenvalue weighted by Crippen LogP contribution is -2.49. The van der Waals surface area contributed by atoms with Crippen molar-refractivity contribution in [1.82, 2.24) is 10.6 Å². The van der Waals surface area contributed by atoms with Crippen LogP contribution in [0.15, 0.2) is 36.4 Å². The van der Waals surface area contributed by atoms with Crippen LogP contribution >= 0.6 is 0 Å². The minimum absolute atomic E-state index is 0.0676. The molecule has 0 aliphatic carbocycles. The van der Waals surface area contributed by atoms with Gasteiger partial charge in [-0.2, -0.15) is 0 Å². The molecule has 3 amide bonds. The van der Waals surface area contributed by atoms with E-state index in [4.69, 9.17) is 0 Å². The summed E-state index contributed by atoms with van der Waals surface area (Å²) in [7, 11) is 0. The second-order valence-electron chi connectivity index (χ2n) is 7.46. The van der Waals surface area contributed by atoms with E-state index >= 15 is 0 Å². The largest absolute Gasteiger partial charge is 0.345 e. The average Bonchev–Trinajstić information content (AvgIpc) is 2.72. The molecule has 2 aromatic rings. The Kier molecular flexibility index (Phi) is 8.18. The topological polar surface area (TPSA) is 87.3 Å². The van der Waals surface area contributed by atoms with Crippen LogP contribution in [0.3, 0.4) is 0 Å². The van der Waals surface area contributed by atoms with Gasteiger partial charge in [0.1, 0.15) is 6.04 Å². The summed E-state index contributed by atoms with van der Waals surface area (Å²) in [5.41, 5.74) is 0.622. The number of benzene rings is 2. The molecule has 0 spiro atoms. The molecule has 31 heavy (non-hydrogen) atoms. The molecular weight excluding hydrogens is 411 g/mol. The highest BCUT2D eigenvalue weighted by Crippen LogP contribution is 2.19. The van der Waals surface area contributed by atoms with Crippen molar-refractivity contribution in [2.75, 3.05) is 11.9 Å². The fourth-order valence-corrected chi connectivity index (χ4v) is 2.87. The van der Waals surface area contributed by atoms with Crippen molar-refractivity contribution in [3.05, 3.63) is 65.0 Å². The zero-order valence-corrected chi connectivity index (χ0v) is 17.4. The van der Waals surface area contributed by atoms with Gasteiger partial charge in [-0.3, -0.25) is 14.4 Å². The fraction of sp³-hybridized carbons (Fsp3) is 0.318. The Morgan fingerprint density at radius 3 is 2.29 bits per heavy atom. The first-order valence-electron chi connectivity index (χ1n) is 9.67. The summed E-state index contributed by atoms with van der Waals surface area (Å²) in [5.74, 6) is -6.43. The molecule has 0 heterocycles. The SMILES string of the molecule is Cc1ccccc1C(=O)NC(CC(C)C)C(=O)NCC(=O)Nc1ccc(F)c(F)c1F. The van der Waals surface area contributed by atoms with Crippen molar-refractivity contribution in [3.8, 4) is 0 Å². The predicted molar refractivity (Wildman–Crippen MR) is 110 cm³/mol. The fourth-order valence-electron chi connectivity index (χ4n) is 2.87. The van der Waals surface area contributed by atoms with Crippen LogP contribution < -0.4 is 16.0 Å². The first-order chi connectivity index (χ1) is 14.6. The highest BCUT2D eigenvalue weighted by molar-refractivity contribution is 5.99. The van der Waals surface area contributed by atoms with Gasteiger partial charge < -0.3 is 16.0 Å². The molecule has 3 N–H and O–H groups in total. The highest BCUT2D eigenvalue weighted by Gasteiger charge is 2.24. The lowest BCUT2D eigenvalue weighted by Gasteiger charge is -2.20. The number of carbonyl (C=O) groups is 3. The van der Waals surface area contributed by atoms with Gasteiger partial charge in [-0.1, -0.05) is 32.0 Å². The highest BCUT2D eigenvalue weighted by atomic mass is 19.2. The van der Waals surface area contributed by atoms with E-state index in [-0.39, 0.29) is 5.92 Å². The molecule has 2 rings (SSSR count). The summed E-state index contributed by atoms with van der Waals surface area (Å²) in [4.78, 5) is 37.1. The van der Waals surface area contributed by atoms with E-state index in [1.807, 2.05) is 13.8 Å². The zero-order valence-electron chi connectivity index (χ0n) is 17.4. The molecule has 2 aromatic carbocycles. The van der Waals surface area contributed by atoms with Gasteiger partial charge in [-0.15, -0.1) is 0 Å². The number of hydrogen-bond acceptors (Lipinski definition) is 3. The van der Waals surface area contributed by atoms with E-state index in [1.54, 1.807) is 31.2 Å². The van der Waals surface area contributed by atoms with Crippen molar-refractivity contribution in [2.24, 2.45) is 5.92 Å². The average molecular weight is 435 g/mol. The number of halogens is 3. The van der Waals surface area contributed by atoms with Crippen LogP contribution in [-0.4, -0.2) is 30.3 Å². The number of rotatable bonds is 8. The molecule has 0 bridgehead atoms. The molecule has 0 aliphatic heterocycles.